The number of hydrogen-bond acceptors (Lipinski definition) is 3. The Bertz CT molecular complexity index is 539. The Morgan fingerprint density at radius 1 is 1.47 bits per heavy atom. The largest absolute Gasteiger partial charge is 0.396 e. The van der Waals surface area contributed by atoms with E-state index in [1.807, 2.05) is 13.0 Å². The van der Waals surface area contributed by atoms with E-state index in [0.29, 0.717) is 17.7 Å². The molecule has 0 radical (unpaired) electrons. The molecule has 0 saturated carbocycles. The van der Waals surface area contributed by atoms with Gasteiger partial charge >= 0.3 is 0 Å². The summed E-state index contributed by atoms with van der Waals surface area (Å²) >= 11 is 3.37. The fourth-order valence-electron chi connectivity index (χ4n) is 2.36. The molecule has 94 valence electrons. The third kappa shape index (κ3) is 2.28. The van der Waals surface area contributed by atoms with Crippen LogP contribution in [0.2, 0.25) is 0 Å². The summed E-state index contributed by atoms with van der Waals surface area (Å²) in [4.78, 5) is 0.419. The molecule has 1 heterocycles. The van der Waals surface area contributed by atoms with E-state index in [0.717, 1.165) is 10.0 Å². The summed E-state index contributed by atoms with van der Waals surface area (Å²) in [6.45, 7) is 2.09. The van der Waals surface area contributed by atoms with Crippen LogP contribution < -0.4 is 0 Å². The molecule has 1 N–H and O–H groups in total. The second-order valence-electron chi connectivity index (χ2n) is 4.74. The van der Waals surface area contributed by atoms with Gasteiger partial charge in [0.15, 0.2) is 9.84 Å². The number of sulfone groups is 1. The number of fused-ring (bicyclic) bond motifs is 1. The Balaban J connectivity index is 2.65. The van der Waals surface area contributed by atoms with Crippen molar-refractivity contribution in [3.05, 3.63) is 28.2 Å². The maximum Gasteiger partial charge on any atom is 0.178 e. The van der Waals surface area contributed by atoms with Gasteiger partial charge in [-0.3, -0.25) is 0 Å². The number of hydrogen-bond donors (Lipinski definition) is 1. The first-order chi connectivity index (χ1) is 7.89. The van der Waals surface area contributed by atoms with Crippen molar-refractivity contribution in [1.29, 1.82) is 0 Å². The van der Waals surface area contributed by atoms with Crippen LogP contribution in [-0.2, 0) is 15.3 Å². The van der Waals surface area contributed by atoms with Gasteiger partial charge in [-0.05, 0) is 42.0 Å². The van der Waals surface area contributed by atoms with Gasteiger partial charge in [-0.1, -0.05) is 22.9 Å². The molecule has 1 atom stereocenters. The van der Waals surface area contributed by atoms with Crippen LogP contribution in [0.25, 0.3) is 0 Å². The monoisotopic (exact) mass is 318 g/mol. The zero-order valence-corrected chi connectivity index (χ0v) is 12.0. The van der Waals surface area contributed by atoms with Crippen LogP contribution in [0.15, 0.2) is 27.6 Å². The van der Waals surface area contributed by atoms with E-state index in [2.05, 4.69) is 15.9 Å². The van der Waals surface area contributed by atoms with E-state index in [9.17, 15) is 8.42 Å². The molecule has 0 aromatic heterocycles. The zero-order valence-electron chi connectivity index (χ0n) is 9.61. The van der Waals surface area contributed by atoms with E-state index >= 15 is 0 Å². The molecular formula is C12H15BrO3S. The van der Waals surface area contributed by atoms with Gasteiger partial charge in [0, 0.05) is 11.1 Å². The van der Waals surface area contributed by atoms with Gasteiger partial charge in [0.05, 0.1) is 10.6 Å². The Morgan fingerprint density at radius 3 is 2.82 bits per heavy atom. The first kappa shape index (κ1) is 13.1. The van der Waals surface area contributed by atoms with Crippen molar-refractivity contribution < 1.29 is 13.5 Å². The van der Waals surface area contributed by atoms with Crippen LogP contribution in [0.1, 0.15) is 25.3 Å². The van der Waals surface area contributed by atoms with Crippen LogP contribution in [0.5, 0.6) is 0 Å². The Hall–Kier alpha value is -0.390. The van der Waals surface area contributed by atoms with Crippen LogP contribution >= 0.6 is 15.9 Å². The molecule has 0 aliphatic carbocycles. The molecule has 3 nitrogen and oxygen atoms in total. The summed E-state index contributed by atoms with van der Waals surface area (Å²) in [5.41, 5.74) is 0.575. The first-order valence-electron chi connectivity index (χ1n) is 5.53. The molecule has 1 aliphatic rings. The number of rotatable bonds is 2. The number of aliphatic hydroxyl groups excluding tert-OH is 1. The third-order valence-electron chi connectivity index (χ3n) is 3.51. The van der Waals surface area contributed by atoms with Gasteiger partial charge < -0.3 is 5.11 Å². The predicted octanol–water partition coefficient (Wildman–Crippen LogP) is 2.27. The maximum absolute atomic E-state index is 12.0. The summed E-state index contributed by atoms with van der Waals surface area (Å²) in [6, 6.07) is 5.27. The van der Waals surface area contributed by atoms with Gasteiger partial charge in [0.2, 0.25) is 0 Å². The maximum atomic E-state index is 12.0. The topological polar surface area (TPSA) is 54.4 Å². The van der Waals surface area contributed by atoms with E-state index in [-0.39, 0.29) is 17.8 Å². The molecule has 1 aromatic carbocycles. The summed E-state index contributed by atoms with van der Waals surface area (Å²) in [5.74, 6) is 0.165. The van der Waals surface area contributed by atoms with Crippen LogP contribution in [0.3, 0.4) is 0 Å². The number of halogens is 1. The standard InChI is InChI=1S/C12H15BrO3S/c1-12(4-6-14)5-7-17(15,16)11-3-2-9(13)8-10(11)12/h2-3,8,14H,4-7H2,1H3. The first-order valence-corrected chi connectivity index (χ1v) is 7.97. The third-order valence-corrected chi connectivity index (χ3v) is 5.77. The molecule has 17 heavy (non-hydrogen) atoms. The van der Waals surface area contributed by atoms with Crippen LogP contribution in [0, 0.1) is 0 Å². The molecule has 0 spiro atoms. The minimum absolute atomic E-state index is 0.0719. The van der Waals surface area contributed by atoms with Gasteiger partial charge in [-0.2, -0.15) is 0 Å². The molecule has 1 aliphatic heterocycles. The Morgan fingerprint density at radius 2 is 2.18 bits per heavy atom. The molecule has 2 rings (SSSR count). The summed E-state index contributed by atoms with van der Waals surface area (Å²) < 4.78 is 24.9. The van der Waals surface area contributed by atoms with E-state index in [4.69, 9.17) is 5.11 Å². The van der Waals surface area contributed by atoms with E-state index in [1.54, 1.807) is 12.1 Å². The number of aliphatic hydroxyl groups is 1. The van der Waals surface area contributed by atoms with Gasteiger partial charge in [-0.15, -0.1) is 0 Å². The average molecular weight is 319 g/mol. The van der Waals surface area contributed by atoms with Crippen molar-refractivity contribution >= 4 is 25.8 Å². The van der Waals surface area contributed by atoms with Crippen molar-refractivity contribution in [2.45, 2.75) is 30.1 Å². The highest BCUT2D eigenvalue weighted by molar-refractivity contribution is 9.10. The van der Waals surface area contributed by atoms with Crippen LogP contribution in [-0.4, -0.2) is 25.9 Å². The van der Waals surface area contributed by atoms with Crippen molar-refractivity contribution in [2.75, 3.05) is 12.4 Å². The lowest BCUT2D eigenvalue weighted by molar-refractivity contribution is 0.238. The Kier molecular flexibility index (Phi) is 3.36. The van der Waals surface area contributed by atoms with Crippen molar-refractivity contribution in [2.24, 2.45) is 0 Å². The van der Waals surface area contributed by atoms with Crippen molar-refractivity contribution in [1.82, 2.24) is 0 Å². The minimum atomic E-state index is -3.15. The minimum Gasteiger partial charge on any atom is -0.396 e. The average Bonchev–Trinajstić information content (AvgIpc) is 2.25. The van der Waals surface area contributed by atoms with E-state index in [1.165, 1.54) is 0 Å². The highest BCUT2D eigenvalue weighted by Gasteiger charge is 2.38. The second kappa shape index (κ2) is 4.37. The van der Waals surface area contributed by atoms with Crippen LogP contribution in [0.4, 0.5) is 0 Å². The molecule has 0 bridgehead atoms. The molecular weight excluding hydrogens is 304 g/mol. The molecule has 5 heteroatoms. The lowest BCUT2D eigenvalue weighted by Crippen LogP contribution is -2.33. The molecule has 0 saturated heterocycles. The second-order valence-corrected chi connectivity index (χ2v) is 7.74. The lowest BCUT2D eigenvalue weighted by atomic mass is 9.77. The van der Waals surface area contributed by atoms with Crippen molar-refractivity contribution in [3.63, 3.8) is 0 Å². The van der Waals surface area contributed by atoms with E-state index < -0.39 is 9.84 Å². The van der Waals surface area contributed by atoms with Gasteiger partial charge in [0.1, 0.15) is 0 Å². The molecule has 1 aromatic rings. The summed E-state index contributed by atoms with van der Waals surface area (Å²) in [6.07, 6.45) is 1.16. The highest BCUT2D eigenvalue weighted by Crippen LogP contribution is 2.41. The van der Waals surface area contributed by atoms with Gasteiger partial charge in [-0.25, -0.2) is 8.42 Å². The zero-order chi connectivity index (χ0) is 12.7. The summed E-state index contributed by atoms with van der Waals surface area (Å²) in [7, 11) is -3.15. The SMILES string of the molecule is CC1(CCO)CCS(=O)(=O)c2ccc(Br)cc21. The normalized spacial score (nSPS) is 26.5. The van der Waals surface area contributed by atoms with Crippen molar-refractivity contribution in [3.8, 4) is 0 Å². The molecule has 0 amide bonds. The predicted molar refractivity (Wildman–Crippen MR) is 69.9 cm³/mol. The molecule has 0 fully saturated rings. The fraction of sp³-hybridized carbons (Fsp3) is 0.500. The lowest BCUT2D eigenvalue weighted by Gasteiger charge is -2.35. The quantitative estimate of drug-likeness (QED) is 0.910. The Labute approximate surface area is 110 Å². The highest BCUT2D eigenvalue weighted by atomic mass is 79.9. The fourth-order valence-corrected chi connectivity index (χ4v) is 4.57. The summed E-state index contributed by atoms with van der Waals surface area (Å²) in [5, 5.41) is 9.15. The smallest absolute Gasteiger partial charge is 0.178 e. The molecule has 1 unspecified atom stereocenters. The number of benzene rings is 1. The van der Waals surface area contributed by atoms with Gasteiger partial charge in [0.25, 0.3) is 0 Å².